The first-order chi connectivity index (χ1) is 5.15. The van der Waals surface area contributed by atoms with Gasteiger partial charge in [-0.3, -0.25) is 0 Å². The van der Waals surface area contributed by atoms with E-state index in [1.165, 1.54) is 6.92 Å². The van der Waals surface area contributed by atoms with Gasteiger partial charge in [-0.1, -0.05) is 0 Å². The van der Waals surface area contributed by atoms with Gasteiger partial charge in [-0.2, -0.15) is 12.6 Å². The Kier molecular flexibility index (Phi) is 2.38. The Morgan fingerprint density at radius 1 is 1.36 bits per heavy atom. The number of ether oxygens (including phenoxy) is 2. The van der Waals surface area contributed by atoms with Gasteiger partial charge in [-0.25, -0.2) is 9.59 Å². The molecule has 0 aliphatic carbocycles. The van der Waals surface area contributed by atoms with E-state index < -0.39 is 24.1 Å². The number of thiol groups is 1. The highest BCUT2D eigenvalue weighted by molar-refractivity contribution is 7.80. The topological polar surface area (TPSA) is 52.6 Å². The number of esters is 2. The number of carbonyl (C=O) groups excluding carboxylic acids is 2. The molecule has 1 saturated heterocycles. The van der Waals surface area contributed by atoms with E-state index in [0.29, 0.717) is 0 Å². The summed E-state index contributed by atoms with van der Waals surface area (Å²) in [5.41, 5.74) is 0. The van der Waals surface area contributed by atoms with Gasteiger partial charge in [-0.15, -0.1) is 0 Å². The van der Waals surface area contributed by atoms with Crippen LogP contribution in [0.2, 0.25) is 0 Å². The first-order valence-corrected chi connectivity index (χ1v) is 3.80. The van der Waals surface area contributed by atoms with Crippen molar-refractivity contribution >= 4 is 24.6 Å². The Bertz CT molecular complexity index is 191. The molecular formula is C6H8O4S. The lowest BCUT2D eigenvalue weighted by atomic mass is 10.3. The quantitative estimate of drug-likeness (QED) is 0.443. The van der Waals surface area contributed by atoms with Crippen LogP contribution in [0.1, 0.15) is 6.92 Å². The van der Waals surface area contributed by atoms with Crippen molar-refractivity contribution in [3.8, 4) is 0 Å². The predicted molar refractivity (Wildman–Crippen MR) is 39.3 cm³/mol. The molecule has 5 heteroatoms. The molecule has 0 aromatic rings. The Labute approximate surface area is 69.3 Å². The standard InChI is InChI=1S/C6H8O4S/c1-3-5(7)10-4(2-11)6(8)9-3/h3-4,11H,2H2,1H3. The third-order valence-electron chi connectivity index (χ3n) is 1.31. The molecule has 1 fully saturated rings. The molecule has 2 unspecified atom stereocenters. The van der Waals surface area contributed by atoms with Crippen LogP contribution in [0.3, 0.4) is 0 Å². The SMILES string of the molecule is CC1OC(=O)C(CS)OC1=O. The molecule has 1 rings (SSSR count). The van der Waals surface area contributed by atoms with Gasteiger partial charge in [0.2, 0.25) is 6.10 Å². The lowest BCUT2D eigenvalue weighted by Gasteiger charge is -2.23. The summed E-state index contributed by atoms with van der Waals surface area (Å²) in [5.74, 6) is -0.868. The molecule has 0 radical (unpaired) electrons. The van der Waals surface area contributed by atoms with Gasteiger partial charge in [0, 0.05) is 5.75 Å². The summed E-state index contributed by atoms with van der Waals surface area (Å²) in [4.78, 5) is 21.6. The maximum absolute atomic E-state index is 10.8. The minimum Gasteiger partial charge on any atom is -0.448 e. The number of cyclic esters (lactones) is 2. The van der Waals surface area contributed by atoms with E-state index in [2.05, 4.69) is 22.1 Å². The van der Waals surface area contributed by atoms with Crippen molar-refractivity contribution in [1.29, 1.82) is 0 Å². The van der Waals surface area contributed by atoms with Crippen LogP contribution in [0.15, 0.2) is 0 Å². The molecule has 0 N–H and O–H groups in total. The monoisotopic (exact) mass is 176 g/mol. The third-order valence-corrected chi connectivity index (χ3v) is 1.64. The lowest BCUT2D eigenvalue weighted by molar-refractivity contribution is -0.191. The number of hydrogen-bond acceptors (Lipinski definition) is 5. The molecule has 0 aromatic heterocycles. The molecular weight excluding hydrogens is 168 g/mol. The molecule has 4 nitrogen and oxygen atoms in total. The van der Waals surface area contributed by atoms with Gasteiger partial charge in [-0.05, 0) is 6.92 Å². The molecule has 0 spiro atoms. The average Bonchev–Trinajstić information content (AvgIpc) is 1.97. The van der Waals surface area contributed by atoms with Gasteiger partial charge >= 0.3 is 11.9 Å². The molecule has 0 saturated carbocycles. The predicted octanol–water partition coefficient (Wildman–Crippen LogP) is -0.227. The number of hydrogen-bond donors (Lipinski definition) is 1. The number of rotatable bonds is 1. The van der Waals surface area contributed by atoms with Crippen molar-refractivity contribution in [3.63, 3.8) is 0 Å². The summed E-state index contributed by atoms with van der Waals surface area (Å²) in [6.45, 7) is 1.47. The van der Waals surface area contributed by atoms with E-state index in [9.17, 15) is 9.59 Å². The van der Waals surface area contributed by atoms with Crippen LogP contribution in [0.4, 0.5) is 0 Å². The average molecular weight is 176 g/mol. The van der Waals surface area contributed by atoms with Crippen molar-refractivity contribution < 1.29 is 19.1 Å². The molecule has 1 aliphatic heterocycles. The van der Waals surface area contributed by atoms with Gasteiger partial charge in [0.15, 0.2) is 6.10 Å². The van der Waals surface area contributed by atoms with Crippen molar-refractivity contribution in [2.24, 2.45) is 0 Å². The zero-order chi connectivity index (χ0) is 8.43. The summed E-state index contributed by atoms with van der Waals surface area (Å²) in [5, 5.41) is 0. The van der Waals surface area contributed by atoms with Crippen molar-refractivity contribution in [3.05, 3.63) is 0 Å². The minimum absolute atomic E-state index is 0.164. The van der Waals surface area contributed by atoms with E-state index in [1.807, 2.05) is 0 Å². The fourth-order valence-corrected chi connectivity index (χ4v) is 0.918. The maximum atomic E-state index is 10.8. The molecule has 0 aromatic carbocycles. The fourth-order valence-electron chi connectivity index (χ4n) is 0.694. The first kappa shape index (κ1) is 8.39. The van der Waals surface area contributed by atoms with E-state index in [0.717, 1.165) is 0 Å². The van der Waals surface area contributed by atoms with Crippen LogP contribution in [0, 0.1) is 0 Å². The van der Waals surface area contributed by atoms with E-state index >= 15 is 0 Å². The van der Waals surface area contributed by atoms with Crippen molar-refractivity contribution in [2.75, 3.05) is 5.75 Å². The Morgan fingerprint density at radius 2 is 2.00 bits per heavy atom. The highest BCUT2D eigenvalue weighted by Gasteiger charge is 2.34. The van der Waals surface area contributed by atoms with Gasteiger partial charge in [0.25, 0.3) is 0 Å². The molecule has 1 aliphatic rings. The van der Waals surface area contributed by atoms with Crippen LogP contribution < -0.4 is 0 Å². The molecule has 62 valence electrons. The van der Waals surface area contributed by atoms with Crippen molar-refractivity contribution in [1.82, 2.24) is 0 Å². The first-order valence-electron chi connectivity index (χ1n) is 3.17. The largest absolute Gasteiger partial charge is 0.448 e. The second-order valence-corrected chi connectivity index (χ2v) is 2.55. The highest BCUT2D eigenvalue weighted by atomic mass is 32.1. The van der Waals surface area contributed by atoms with Crippen LogP contribution in [0.25, 0.3) is 0 Å². The zero-order valence-corrected chi connectivity index (χ0v) is 6.84. The molecule has 2 atom stereocenters. The summed E-state index contributed by atoms with van der Waals surface area (Å²) >= 11 is 3.81. The van der Waals surface area contributed by atoms with Gasteiger partial charge in [0.05, 0.1) is 0 Å². The Hall–Kier alpha value is -0.710. The zero-order valence-electron chi connectivity index (χ0n) is 5.94. The van der Waals surface area contributed by atoms with Crippen molar-refractivity contribution in [2.45, 2.75) is 19.1 Å². The summed E-state index contributed by atoms with van der Waals surface area (Å²) in [6.07, 6.45) is -1.61. The second kappa shape index (κ2) is 3.13. The third kappa shape index (κ3) is 1.65. The molecule has 0 bridgehead atoms. The molecule has 1 heterocycles. The minimum atomic E-state index is -0.831. The van der Waals surface area contributed by atoms with Crippen LogP contribution in [-0.4, -0.2) is 29.9 Å². The molecule has 11 heavy (non-hydrogen) atoms. The van der Waals surface area contributed by atoms with Gasteiger partial charge < -0.3 is 9.47 Å². The summed E-state index contributed by atoms with van der Waals surface area (Å²) in [6, 6.07) is 0. The lowest BCUT2D eigenvalue weighted by Crippen LogP contribution is -2.43. The second-order valence-electron chi connectivity index (χ2n) is 2.19. The van der Waals surface area contributed by atoms with E-state index in [1.54, 1.807) is 0 Å². The van der Waals surface area contributed by atoms with E-state index in [-0.39, 0.29) is 5.75 Å². The highest BCUT2D eigenvalue weighted by Crippen LogP contribution is 2.10. The Morgan fingerprint density at radius 3 is 2.55 bits per heavy atom. The fraction of sp³-hybridized carbons (Fsp3) is 0.667. The smallest absolute Gasteiger partial charge is 0.349 e. The normalized spacial score (nSPS) is 31.1. The maximum Gasteiger partial charge on any atom is 0.349 e. The van der Waals surface area contributed by atoms with Crippen LogP contribution >= 0.6 is 12.6 Å². The Balaban J connectivity index is 2.62. The summed E-state index contributed by atoms with van der Waals surface area (Å²) in [7, 11) is 0. The number of carbonyl (C=O) groups is 2. The molecule has 0 amide bonds. The van der Waals surface area contributed by atoms with E-state index in [4.69, 9.17) is 0 Å². The van der Waals surface area contributed by atoms with Crippen LogP contribution in [0.5, 0.6) is 0 Å². The van der Waals surface area contributed by atoms with Gasteiger partial charge in [0.1, 0.15) is 0 Å². The van der Waals surface area contributed by atoms with Crippen LogP contribution in [-0.2, 0) is 19.1 Å². The summed E-state index contributed by atoms with van der Waals surface area (Å²) < 4.78 is 9.31.